The number of likely N-dealkylation sites (tertiary alicyclic amines) is 1. The summed E-state index contributed by atoms with van der Waals surface area (Å²) in [6.45, 7) is 15.1. The molecule has 0 saturated carbocycles. The van der Waals surface area contributed by atoms with Crippen LogP contribution in [0.25, 0.3) is 0 Å². The molecule has 2 rings (SSSR count). The van der Waals surface area contributed by atoms with Gasteiger partial charge in [0.1, 0.15) is 0 Å². The van der Waals surface area contributed by atoms with E-state index in [0.29, 0.717) is 11.5 Å². The normalized spacial score (nSPS) is 20.9. The van der Waals surface area contributed by atoms with Gasteiger partial charge >= 0.3 is 0 Å². The summed E-state index contributed by atoms with van der Waals surface area (Å²) >= 11 is 0. The highest BCUT2D eigenvalue weighted by molar-refractivity contribution is 5.14. The quantitative estimate of drug-likeness (QED) is 0.879. The van der Waals surface area contributed by atoms with E-state index >= 15 is 0 Å². The van der Waals surface area contributed by atoms with E-state index in [1.807, 2.05) is 0 Å². The van der Waals surface area contributed by atoms with E-state index < -0.39 is 0 Å². The summed E-state index contributed by atoms with van der Waals surface area (Å²) in [5.74, 6) is 0. The third kappa shape index (κ3) is 5.80. The second kappa shape index (κ2) is 6.50. The molecular formula is C19H32N2. The van der Waals surface area contributed by atoms with Crippen molar-refractivity contribution in [1.29, 1.82) is 0 Å². The van der Waals surface area contributed by atoms with Crippen LogP contribution < -0.4 is 5.32 Å². The zero-order valence-electron chi connectivity index (χ0n) is 14.4. The van der Waals surface area contributed by atoms with E-state index in [9.17, 15) is 0 Å². The van der Waals surface area contributed by atoms with Gasteiger partial charge in [-0.2, -0.15) is 0 Å². The molecule has 0 aromatic heterocycles. The fourth-order valence-corrected chi connectivity index (χ4v) is 3.87. The summed E-state index contributed by atoms with van der Waals surface area (Å²) in [5, 5.41) is 3.89. The lowest BCUT2D eigenvalue weighted by Gasteiger charge is -2.36. The Kier molecular flexibility index (Phi) is 5.11. The molecule has 0 amide bonds. The van der Waals surface area contributed by atoms with Crippen LogP contribution in [0.2, 0.25) is 0 Å². The van der Waals surface area contributed by atoms with Crippen molar-refractivity contribution in [2.24, 2.45) is 5.41 Å². The van der Waals surface area contributed by atoms with E-state index in [1.165, 1.54) is 31.5 Å². The molecular weight excluding hydrogens is 256 g/mol. The molecule has 2 nitrogen and oxygen atoms in total. The van der Waals surface area contributed by atoms with Gasteiger partial charge in [-0.05, 0) is 37.7 Å². The lowest BCUT2D eigenvalue weighted by molar-refractivity contribution is 0.219. The summed E-state index contributed by atoms with van der Waals surface area (Å²) < 4.78 is 0. The van der Waals surface area contributed by atoms with Gasteiger partial charge in [0.2, 0.25) is 0 Å². The van der Waals surface area contributed by atoms with Crippen molar-refractivity contribution in [2.75, 3.05) is 13.1 Å². The summed E-state index contributed by atoms with van der Waals surface area (Å²) in [5.41, 5.74) is 2.01. The van der Waals surface area contributed by atoms with Crippen molar-refractivity contribution in [3.63, 3.8) is 0 Å². The van der Waals surface area contributed by atoms with E-state index in [1.54, 1.807) is 0 Å². The highest BCUT2D eigenvalue weighted by Crippen LogP contribution is 2.28. The van der Waals surface area contributed by atoms with Gasteiger partial charge in [0, 0.05) is 31.2 Å². The highest BCUT2D eigenvalue weighted by Gasteiger charge is 2.30. The molecule has 118 valence electrons. The monoisotopic (exact) mass is 288 g/mol. The minimum Gasteiger partial charge on any atom is -0.308 e. The van der Waals surface area contributed by atoms with Crippen LogP contribution >= 0.6 is 0 Å². The molecule has 1 saturated heterocycles. The Hall–Kier alpha value is -0.860. The number of nitrogens with zero attached hydrogens (tertiary/aromatic N) is 1. The van der Waals surface area contributed by atoms with Crippen molar-refractivity contribution in [3.8, 4) is 0 Å². The molecule has 1 aliphatic heterocycles. The molecule has 0 radical (unpaired) electrons. The van der Waals surface area contributed by atoms with Crippen LogP contribution in [0.15, 0.2) is 30.3 Å². The molecule has 1 unspecified atom stereocenters. The molecule has 1 aliphatic rings. The van der Waals surface area contributed by atoms with Gasteiger partial charge in [-0.15, -0.1) is 0 Å². The van der Waals surface area contributed by atoms with E-state index in [4.69, 9.17) is 0 Å². The Bertz CT molecular complexity index is 431. The molecule has 1 N–H and O–H groups in total. The number of hydrogen-bond acceptors (Lipinski definition) is 2. The molecule has 1 aromatic carbocycles. The Morgan fingerprint density at radius 3 is 2.38 bits per heavy atom. The number of rotatable bonds is 5. The molecule has 2 heteroatoms. The van der Waals surface area contributed by atoms with Crippen LogP contribution in [0.1, 0.15) is 53.0 Å². The lowest BCUT2D eigenvalue weighted by Crippen LogP contribution is -2.48. The lowest BCUT2D eigenvalue weighted by atomic mass is 9.81. The van der Waals surface area contributed by atoms with Crippen LogP contribution in [0.5, 0.6) is 0 Å². The second-order valence-corrected chi connectivity index (χ2v) is 8.47. The summed E-state index contributed by atoms with van der Waals surface area (Å²) in [4.78, 5) is 2.57. The SMILES string of the molecule is CC(C)(C)CC(C)(C)NC1CCN(Cc2ccccc2)C1. The van der Waals surface area contributed by atoms with Gasteiger partial charge < -0.3 is 5.32 Å². The fraction of sp³-hybridized carbons (Fsp3) is 0.684. The third-order valence-electron chi connectivity index (χ3n) is 4.09. The van der Waals surface area contributed by atoms with Crippen molar-refractivity contribution in [1.82, 2.24) is 10.2 Å². The first kappa shape index (κ1) is 16.5. The summed E-state index contributed by atoms with van der Waals surface area (Å²) in [6.07, 6.45) is 2.47. The predicted octanol–water partition coefficient (Wildman–Crippen LogP) is 4.07. The largest absolute Gasteiger partial charge is 0.308 e. The maximum atomic E-state index is 3.89. The maximum Gasteiger partial charge on any atom is 0.0234 e. The van der Waals surface area contributed by atoms with Crippen LogP contribution in [0, 0.1) is 5.41 Å². The molecule has 0 bridgehead atoms. The third-order valence-corrected chi connectivity index (χ3v) is 4.09. The van der Waals surface area contributed by atoms with Gasteiger partial charge in [0.05, 0.1) is 0 Å². The van der Waals surface area contributed by atoms with Crippen LogP contribution in [-0.4, -0.2) is 29.6 Å². The first-order valence-electron chi connectivity index (χ1n) is 8.28. The highest BCUT2D eigenvalue weighted by atomic mass is 15.2. The Morgan fingerprint density at radius 2 is 1.76 bits per heavy atom. The van der Waals surface area contributed by atoms with E-state index in [0.717, 1.165) is 6.54 Å². The van der Waals surface area contributed by atoms with E-state index in [-0.39, 0.29) is 5.54 Å². The van der Waals surface area contributed by atoms with Gasteiger partial charge in [0.15, 0.2) is 0 Å². The Balaban J connectivity index is 1.82. The molecule has 1 atom stereocenters. The zero-order chi connectivity index (χ0) is 15.5. The van der Waals surface area contributed by atoms with Gasteiger partial charge in [-0.1, -0.05) is 51.1 Å². The summed E-state index contributed by atoms with van der Waals surface area (Å²) in [6, 6.07) is 11.4. The molecule has 0 spiro atoms. The van der Waals surface area contributed by atoms with Crippen LogP contribution in [0.3, 0.4) is 0 Å². The Labute approximate surface area is 130 Å². The molecule has 21 heavy (non-hydrogen) atoms. The topological polar surface area (TPSA) is 15.3 Å². The number of nitrogens with one attached hydrogen (secondary N) is 1. The van der Waals surface area contributed by atoms with Crippen LogP contribution in [-0.2, 0) is 6.54 Å². The van der Waals surface area contributed by atoms with Gasteiger partial charge in [-0.3, -0.25) is 4.90 Å². The van der Waals surface area contributed by atoms with Crippen molar-refractivity contribution in [2.45, 2.75) is 65.6 Å². The average molecular weight is 288 g/mol. The second-order valence-electron chi connectivity index (χ2n) is 8.47. The summed E-state index contributed by atoms with van der Waals surface area (Å²) in [7, 11) is 0. The van der Waals surface area contributed by atoms with Crippen LogP contribution in [0.4, 0.5) is 0 Å². The minimum atomic E-state index is 0.214. The van der Waals surface area contributed by atoms with Gasteiger partial charge in [0.25, 0.3) is 0 Å². The van der Waals surface area contributed by atoms with Crippen molar-refractivity contribution < 1.29 is 0 Å². The van der Waals surface area contributed by atoms with E-state index in [2.05, 4.69) is 75.2 Å². The number of benzene rings is 1. The maximum absolute atomic E-state index is 3.89. The number of hydrogen-bond donors (Lipinski definition) is 1. The predicted molar refractivity (Wildman–Crippen MR) is 91.4 cm³/mol. The van der Waals surface area contributed by atoms with Gasteiger partial charge in [-0.25, -0.2) is 0 Å². The fourth-order valence-electron chi connectivity index (χ4n) is 3.87. The first-order valence-corrected chi connectivity index (χ1v) is 8.28. The Morgan fingerprint density at radius 1 is 1.10 bits per heavy atom. The molecule has 1 aromatic rings. The van der Waals surface area contributed by atoms with Crippen molar-refractivity contribution in [3.05, 3.63) is 35.9 Å². The average Bonchev–Trinajstić information content (AvgIpc) is 2.73. The molecule has 1 fully saturated rings. The van der Waals surface area contributed by atoms with Crippen molar-refractivity contribution >= 4 is 0 Å². The zero-order valence-corrected chi connectivity index (χ0v) is 14.4. The standard InChI is InChI=1S/C19H32N2/c1-18(2,3)15-19(4,5)20-17-11-12-21(14-17)13-16-9-7-6-8-10-16/h6-10,17,20H,11-15H2,1-5H3. The molecule has 0 aliphatic carbocycles. The smallest absolute Gasteiger partial charge is 0.0234 e. The minimum absolute atomic E-state index is 0.214. The molecule has 1 heterocycles. The first-order chi connectivity index (χ1) is 9.73.